The Bertz CT molecular complexity index is 425. The first-order valence-corrected chi connectivity index (χ1v) is 6.67. The van der Waals surface area contributed by atoms with Crippen molar-refractivity contribution in [2.45, 2.75) is 45.4 Å². The van der Waals surface area contributed by atoms with Crippen LogP contribution in [0.1, 0.15) is 50.2 Å². The molecule has 0 fully saturated rings. The standard InChI is InChI=1S/C16H20/c1-2-5-12-8-9-14-11-13-6-3-4-7-15(13)16(14)10-12/h3-4,6-7,12H,2,5,8-11H2,1H3. The monoisotopic (exact) mass is 212 g/mol. The zero-order valence-corrected chi connectivity index (χ0v) is 10.1. The van der Waals surface area contributed by atoms with Crippen molar-refractivity contribution in [1.29, 1.82) is 0 Å². The summed E-state index contributed by atoms with van der Waals surface area (Å²) in [6.07, 6.45) is 8.13. The molecule has 84 valence electrons. The number of fused-ring (bicyclic) bond motifs is 2. The average Bonchev–Trinajstić information content (AvgIpc) is 2.68. The number of rotatable bonds is 2. The molecule has 2 aliphatic rings. The van der Waals surface area contributed by atoms with Gasteiger partial charge >= 0.3 is 0 Å². The summed E-state index contributed by atoms with van der Waals surface area (Å²) in [4.78, 5) is 0. The molecule has 3 rings (SSSR count). The minimum absolute atomic E-state index is 0.954. The highest BCUT2D eigenvalue weighted by Gasteiger charge is 2.27. The first-order valence-electron chi connectivity index (χ1n) is 6.67. The van der Waals surface area contributed by atoms with E-state index in [0.717, 1.165) is 5.92 Å². The number of allylic oxidation sites excluding steroid dienone is 2. The Morgan fingerprint density at radius 3 is 3.00 bits per heavy atom. The Hall–Kier alpha value is -1.04. The molecule has 0 saturated carbocycles. The molecule has 0 amide bonds. The van der Waals surface area contributed by atoms with Crippen LogP contribution in [0, 0.1) is 5.92 Å². The van der Waals surface area contributed by atoms with Gasteiger partial charge in [-0.05, 0) is 48.3 Å². The fraction of sp³-hybridized carbons (Fsp3) is 0.500. The Kier molecular flexibility index (Phi) is 2.59. The summed E-state index contributed by atoms with van der Waals surface area (Å²) < 4.78 is 0. The second-order valence-electron chi connectivity index (χ2n) is 5.31. The normalized spacial score (nSPS) is 23.2. The Labute approximate surface area is 98.4 Å². The van der Waals surface area contributed by atoms with Crippen molar-refractivity contribution < 1.29 is 0 Å². The van der Waals surface area contributed by atoms with E-state index in [9.17, 15) is 0 Å². The molecule has 0 heterocycles. The summed E-state index contributed by atoms with van der Waals surface area (Å²) in [5, 5.41) is 0. The maximum Gasteiger partial charge on any atom is -0.00550 e. The third-order valence-electron chi connectivity index (χ3n) is 4.22. The molecule has 0 spiro atoms. The van der Waals surface area contributed by atoms with E-state index in [-0.39, 0.29) is 0 Å². The minimum Gasteiger partial charge on any atom is -0.0654 e. The van der Waals surface area contributed by atoms with Gasteiger partial charge in [-0.2, -0.15) is 0 Å². The Balaban J connectivity index is 1.88. The van der Waals surface area contributed by atoms with Gasteiger partial charge in [0.1, 0.15) is 0 Å². The summed E-state index contributed by atoms with van der Waals surface area (Å²) >= 11 is 0. The second kappa shape index (κ2) is 4.08. The number of benzene rings is 1. The number of hydrogen-bond acceptors (Lipinski definition) is 0. The van der Waals surface area contributed by atoms with E-state index >= 15 is 0 Å². The van der Waals surface area contributed by atoms with Crippen LogP contribution in [0.5, 0.6) is 0 Å². The summed E-state index contributed by atoms with van der Waals surface area (Å²) in [6, 6.07) is 9.01. The van der Waals surface area contributed by atoms with Gasteiger partial charge in [0.25, 0.3) is 0 Å². The average molecular weight is 212 g/mol. The molecule has 0 radical (unpaired) electrons. The fourth-order valence-electron chi connectivity index (χ4n) is 3.41. The van der Waals surface area contributed by atoms with Crippen molar-refractivity contribution in [2.24, 2.45) is 5.92 Å². The quantitative estimate of drug-likeness (QED) is 0.672. The van der Waals surface area contributed by atoms with Crippen LogP contribution >= 0.6 is 0 Å². The van der Waals surface area contributed by atoms with E-state index in [1.165, 1.54) is 38.5 Å². The Morgan fingerprint density at radius 2 is 2.12 bits per heavy atom. The van der Waals surface area contributed by atoms with Gasteiger partial charge in [0.15, 0.2) is 0 Å². The summed E-state index contributed by atoms with van der Waals surface area (Å²) in [7, 11) is 0. The van der Waals surface area contributed by atoms with Gasteiger partial charge in [-0.25, -0.2) is 0 Å². The van der Waals surface area contributed by atoms with Crippen molar-refractivity contribution in [3.05, 3.63) is 41.0 Å². The third-order valence-corrected chi connectivity index (χ3v) is 4.22. The molecule has 0 bridgehead atoms. The van der Waals surface area contributed by atoms with E-state index in [2.05, 4.69) is 31.2 Å². The molecule has 0 nitrogen and oxygen atoms in total. The zero-order valence-electron chi connectivity index (χ0n) is 10.1. The van der Waals surface area contributed by atoms with Crippen LogP contribution in [0.4, 0.5) is 0 Å². The van der Waals surface area contributed by atoms with Crippen LogP contribution in [0.15, 0.2) is 29.8 Å². The fourth-order valence-corrected chi connectivity index (χ4v) is 3.41. The molecule has 1 unspecified atom stereocenters. The van der Waals surface area contributed by atoms with Crippen LogP contribution in [0.3, 0.4) is 0 Å². The molecule has 1 atom stereocenters. The third kappa shape index (κ3) is 1.61. The van der Waals surface area contributed by atoms with E-state index in [1.807, 2.05) is 0 Å². The Morgan fingerprint density at radius 1 is 1.25 bits per heavy atom. The minimum atomic E-state index is 0.954. The van der Waals surface area contributed by atoms with E-state index in [0.29, 0.717) is 0 Å². The molecule has 0 heteroatoms. The van der Waals surface area contributed by atoms with Gasteiger partial charge in [-0.15, -0.1) is 0 Å². The van der Waals surface area contributed by atoms with Crippen LogP contribution in [0.25, 0.3) is 5.57 Å². The smallest absolute Gasteiger partial charge is 0.00550 e. The van der Waals surface area contributed by atoms with Crippen LogP contribution in [-0.2, 0) is 6.42 Å². The van der Waals surface area contributed by atoms with E-state index in [4.69, 9.17) is 0 Å². The van der Waals surface area contributed by atoms with Crippen molar-refractivity contribution in [1.82, 2.24) is 0 Å². The molecule has 0 aliphatic heterocycles. The SMILES string of the molecule is CCCC1CCC2=C(C1)c1ccccc1C2. The molecule has 0 saturated heterocycles. The van der Waals surface area contributed by atoms with Crippen LogP contribution < -0.4 is 0 Å². The molecular formula is C16H20. The van der Waals surface area contributed by atoms with Crippen LogP contribution in [0.2, 0.25) is 0 Å². The topological polar surface area (TPSA) is 0 Å². The van der Waals surface area contributed by atoms with Gasteiger partial charge < -0.3 is 0 Å². The maximum atomic E-state index is 2.33. The van der Waals surface area contributed by atoms with Gasteiger partial charge in [-0.1, -0.05) is 49.6 Å². The van der Waals surface area contributed by atoms with E-state index < -0.39 is 0 Å². The summed E-state index contributed by atoms with van der Waals surface area (Å²) in [6.45, 7) is 2.31. The first-order chi connectivity index (χ1) is 7.88. The summed E-state index contributed by atoms with van der Waals surface area (Å²) in [5.41, 5.74) is 6.59. The van der Waals surface area contributed by atoms with Gasteiger partial charge in [0.2, 0.25) is 0 Å². The predicted molar refractivity (Wildman–Crippen MR) is 69.3 cm³/mol. The van der Waals surface area contributed by atoms with Gasteiger partial charge in [0.05, 0.1) is 0 Å². The highest BCUT2D eigenvalue weighted by atomic mass is 14.3. The highest BCUT2D eigenvalue weighted by Crippen LogP contribution is 2.44. The lowest BCUT2D eigenvalue weighted by Crippen LogP contribution is -2.07. The largest absolute Gasteiger partial charge is 0.0654 e. The maximum absolute atomic E-state index is 2.33. The summed E-state index contributed by atoms with van der Waals surface area (Å²) in [5.74, 6) is 0.954. The zero-order chi connectivity index (χ0) is 11.0. The van der Waals surface area contributed by atoms with Crippen molar-refractivity contribution in [3.63, 3.8) is 0 Å². The lowest BCUT2D eigenvalue weighted by molar-refractivity contribution is 0.440. The lowest BCUT2D eigenvalue weighted by atomic mass is 9.82. The molecule has 16 heavy (non-hydrogen) atoms. The molecule has 1 aromatic rings. The second-order valence-corrected chi connectivity index (χ2v) is 5.31. The molecular weight excluding hydrogens is 192 g/mol. The van der Waals surface area contributed by atoms with Crippen molar-refractivity contribution in [2.75, 3.05) is 0 Å². The molecule has 0 aromatic heterocycles. The van der Waals surface area contributed by atoms with Gasteiger partial charge in [-0.3, -0.25) is 0 Å². The highest BCUT2D eigenvalue weighted by molar-refractivity contribution is 5.77. The molecule has 2 aliphatic carbocycles. The van der Waals surface area contributed by atoms with Gasteiger partial charge in [0, 0.05) is 0 Å². The molecule has 1 aromatic carbocycles. The molecule has 0 N–H and O–H groups in total. The number of hydrogen-bond donors (Lipinski definition) is 0. The predicted octanol–water partition coefficient (Wildman–Crippen LogP) is 4.60. The van der Waals surface area contributed by atoms with E-state index in [1.54, 1.807) is 22.3 Å². The lowest BCUT2D eigenvalue weighted by Gasteiger charge is -2.24. The first kappa shape index (κ1) is 10.1. The van der Waals surface area contributed by atoms with Crippen LogP contribution in [-0.4, -0.2) is 0 Å². The van der Waals surface area contributed by atoms with Crippen molar-refractivity contribution >= 4 is 5.57 Å². The van der Waals surface area contributed by atoms with Crippen molar-refractivity contribution in [3.8, 4) is 0 Å².